The van der Waals surface area contributed by atoms with Crippen molar-refractivity contribution in [1.82, 2.24) is 4.98 Å². The van der Waals surface area contributed by atoms with Gasteiger partial charge in [-0.15, -0.1) is 0 Å². The number of fused-ring (bicyclic) bond motifs is 1. The Balaban J connectivity index is 2.73. The molecule has 1 aromatic carbocycles. The highest BCUT2D eigenvalue weighted by Crippen LogP contribution is 2.23. The van der Waals surface area contributed by atoms with Crippen molar-refractivity contribution in [3.05, 3.63) is 39.5 Å². The van der Waals surface area contributed by atoms with Gasteiger partial charge in [0.2, 0.25) is 0 Å². The van der Waals surface area contributed by atoms with Crippen molar-refractivity contribution >= 4 is 38.4 Å². The molecule has 0 aliphatic rings. The molecule has 72 valence electrons. The van der Waals surface area contributed by atoms with E-state index in [0.29, 0.717) is 5.15 Å². The summed E-state index contributed by atoms with van der Waals surface area (Å²) in [6.07, 6.45) is 0.911. The molecular formula is C11H9BrClN. The standard InChI is InChI=1S/C11H9BrClN/c1-2-7-5-8-6-9(12)3-4-10(8)14-11(7)13/h3-6H,2H2,1H3. The summed E-state index contributed by atoms with van der Waals surface area (Å²) in [4.78, 5) is 4.33. The third kappa shape index (κ3) is 1.77. The lowest BCUT2D eigenvalue weighted by molar-refractivity contribution is 1.12. The summed E-state index contributed by atoms with van der Waals surface area (Å²) in [7, 11) is 0. The van der Waals surface area contributed by atoms with Crippen molar-refractivity contribution in [2.75, 3.05) is 0 Å². The molecule has 0 N–H and O–H groups in total. The molecule has 1 nitrogen and oxygen atoms in total. The Bertz CT molecular complexity index is 482. The molecule has 2 aromatic rings. The van der Waals surface area contributed by atoms with Gasteiger partial charge < -0.3 is 0 Å². The number of aryl methyl sites for hydroxylation is 1. The Morgan fingerprint density at radius 1 is 1.36 bits per heavy atom. The Kier molecular flexibility index (Phi) is 2.75. The van der Waals surface area contributed by atoms with Crippen LogP contribution in [-0.2, 0) is 6.42 Å². The number of hydrogen-bond donors (Lipinski definition) is 0. The maximum absolute atomic E-state index is 6.02. The van der Waals surface area contributed by atoms with Gasteiger partial charge in [0.1, 0.15) is 5.15 Å². The summed E-state index contributed by atoms with van der Waals surface area (Å²) in [5, 5.41) is 1.74. The van der Waals surface area contributed by atoms with Crippen LogP contribution in [0, 0.1) is 0 Å². The third-order valence-corrected chi connectivity index (χ3v) is 3.00. The van der Waals surface area contributed by atoms with Crippen molar-refractivity contribution in [1.29, 1.82) is 0 Å². The van der Waals surface area contributed by atoms with Crippen LogP contribution in [0.1, 0.15) is 12.5 Å². The Morgan fingerprint density at radius 2 is 2.14 bits per heavy atom. The molecule has 0 aliphatic carbocycles. The lowest BCUT2D eigenvalue weighted by Crippen LogP contribution is -1.87. The van der Waals surface area contributed by atoms with Crippen molar-refractivity contribution in [3.63, 3.8) is 0 Å². The molecule has 1 heterocycles. The second-order valence-electron chi connectivity index (χ2n) is 3.13. The quantitative estimate of drug-likeness (QED) is 0.707. The molecule has 0 amide bonds. The van der Waals surface area contributed by atoms with Crippen LogP contribution in [0.15, 0.2) is 28.7 Å². The van der Waals surface area contributed by atoms with E-state index in [9.17, 15) is 0 Å². The third-order valence-electron chi connectivity index (χ3n) is 2.18. The highest BCUT2D eigenvalue weighted by molar-refractivity contribution is 9.10. The molecule has 0 radical (unpaired) electrons. The molecule has 14 heavy (non-hydrogen) atoms. The van der Waals surface area contributed by atoms with Gasteiger partial charge in [0.15, 0.2) is 0 Å². The number of rotatable bonds is 1. The molecule has 3 heteroatoms. The van der Waals surface area contributed by atoms with E-state index in [1.165, 1.54) is 0 Å². The van der Waals surface area contributed by atoms with Gasteiger partial charge in [0.25, 0.3) is 0 Å². The predicted octanol–water partition coefficient (Wildman–Crippen LogP) is 4.21. The lowest BCUT2D eigenvalue weighted by atomic mass is 10.1. The van der Waals surface area contributed by atoms with E-state index in [-0.39, 0.29) is 0 Å². The van der Waals surface area contributed by atoms with Gasteiger partial charge in [-0.3, -0.25) is 0 Å². The van der Waals surface area contributed by atoms with Crippen LogP contribution in [-0.4, -0.2) is 4.98 Å². The summed E-state index contributed by atoms with van der Waals surface area (Å²) >= 11 is 9.46. The SMILES string of the molecule is CCc1cc2cc(Br)ccc2nc1Cl. The van der Waals surface area contributed by atoms with E-state index in [1.54, 1.807) is 0 Å². The summed E-state index contributed by atoms with van der Waals surface area (Å²) in [5.74, 6) is 0. The molecular weight excluding hydrogens is 261 g/mol. The molecule has 0 atom stereocenters. The first-order chi connectivity index (χ1) is 6.70. The van der Waals surface area contributed by atoms with Crippen LogP contribution in [0.25, 0.3) is 10.9 Å². The summed E-state index contributed by atoms with van der Waals surface area (Å²) in [6, 6.07) is 8.08. The van der Waals surface area contributed by atoms with Gasteiger partial charge >= 0.3 is 0 Å². The number of nitrogens with zero attached hydrogens (tertiary/aromatic N) is 1. The summed E-state index contributed by atoms with van der Waals surface area (Å²) in [6.45, 7) is 2.08. The maximum atomic E-state index is 6.02. The Morgan fingerprint density at radius 3 is 2.86 bits per heavy atom. The minimum absolute atomic E-state index is 0.613. The Labute approximate surface area is 96.2 Å². The molecule has 0 aliphatic heterocycles. The molecule has 0 saturated heterocycles. The van der Waals surface area contributed by atoms with E-state index in [2.05, 4.69) is 40.0 Å². The lowest BCUT2D eigenvalue weighted by Gasteiger charge is -2.03. The largest absolute Gasteiger partial charge is 0.236 e. The molecule has 1 aromatic heterocycles. The van der Waals surface area contributed by atoms with Crippen LogP contribution in [0.5, 0.6) is 0 Å². The summed E-state index contributed by atoms with van der Waals surface area (Å²) < 4.78 is 1.07. The Hall–Kier alpha value is -0.600. The molecule has 0 bridgehead atoms. The molecule has 2 rings (SSSR count). The number of benzene rings is 1. The molecule has 0 unspecified atom stereocenters. The van der Waals surface area contributed by atoms with E-state index < -0.39 is 0 Å². The van der Waals surface area contributed by atoms with Gasteiger partial charge in [-0.2, -0.15) is 0 Å². The second-order valence-corrected chi connectivity index (χ2v) is 4.40. The normalized spacial score (nSPS) is 10.8. The fourth-order valence-corrected chi connectivity index (χ4v) is 2.07. The van der Waals surface area contributed by atoms with E-state index in [1.807, 2.05) is 12.1 Å². The first-order valence-electron chi connectivity index (χ1n) is 4.45. The zero-order valence-corrected chi connectivity index (χ0v) is 10.1. The zero-order valence-electron chi connectivity index (χ0n) is 7.72. The summed E-state index contributed by atoms with van der Waals surface area (Å²) in [5.41, 5.74) is 2.03. The number of halogens is 2. The van der Waals surface area contributed by atoms with Crippen molar-refractivity contribution in [2.45, 2.75) is 13.3 Å². The fourth-order valence-electron chi connectivity index (χ4n) is 1.42. The second kappa shape index (κ2) is 3.87. The van der Waals surface area contributed by atoms with Gasteiger partial charge in [0.05, 0.1) is 5.52 Å². The van der Waals surface area contributed by atoms with Crippen LogP contribution >= 0.6 is 27.5 Å². The topological polar surface area (TPSA) is 12.9 Å². The minimum atomic E-state index is 0.613. The zero-order chi connectivity index (χ0) is 10.1. The first-order valence-corrected chi connectivity index (χ1v) is 5.62. The van der Waals surface area contributed by atoms with Crippen molar-refractivity contribution in [2.24, 2.45) is 0 Å². The molecule has 0 spiro atoms. The number of pyridine rings is 1. The van der Waals surface area contributed by atoms with Gasteiger partial charge in [-0.1, -0.05) is 34.5 Å². The first kappa shape index (κ1) is 9.94. The van der Waals surface area contributed by atoms with E-state index >= 15 is 0 Å². The van der Waals surface area contributed by atoms with Crippen LogP contribution in [0.2, 0.25) is 5.15 Å². The fraction of sp³-hybridized carbons (Fsp3) is 0.182. The number of aromatic nitrogens is 1. The van der Waals surface area contributed by atoms with E-state index in [4.69, 9.17) is 11.6 Å². The highest BCUT2D eigenvalue weighted by Gasteiger charge is 2.03. The van der Waals surface area contributed by atoms with Crippen LogP contribution in [0.4, 0.5) is 0 Å². The maximum Gasteiger partial charge on any atom is 0.132 e. The van der Waals surface area contributed by atoms with Crippen LogP contribution < -0.4 is 0 Å². The molecule has 0 saturated carbocycles. The van der Waals surface area contributed by atoms with E-state index in [0.717, 1.165) is 27.4 Å². The average molecular weight is 271 g/mol. The molecule has 0 fully saturated rings. The highest BCUT2D eigenvalue weighted by atomic mass is 79.9. The van der Waals surface area contributed by atoms with Gasteiger partial charge in [-0.05, 0) is 36.2 Å². The van der Waals surface area contributed by atoms with Crippen molar-refractivity contribution < 1.29 is 0 Å². The minimum Gasteiger partial charge on any atom is -0.236 e. The number of hydrogen-bond acceptors (Lipinski definition) is 1. The van der Waals surface area contributed by atoms with Gasteiger partial charge in [-0.25, -0.2) is 4.98 Å². The van der Waals surface area contributed by atoms with Crippen LogP contribution in [0.3, 0.4) is 0 Å². The smallest absolute Gasteiger partial charge is 0.132 e. The predicted molar refractivity (Wildman–Crippen MR) is 63.8 cm³/mol. The van der Waals surface area contributed by atoms with Crippen molar-refractivity contribution in [3.8, 4) is 0 Å². The van der Waals surface area contributed by atoms with Gasteiger partial charge in [0, 0.05) is 9.86 Å². The average Bonchev–Trinajstić information content (AvgIpc) is 2.17. The monoisotopic (exact) mass is 269 g/mol.